The number of nitrogens with zero attached hydrogens (tertiary/aromatic N) is 2. The molecule has 0 N–H and O–H groups in total. The second kappa shape index (κ2) is 5.53. The first-order valence-electron chi connectivity index (χ1n) is 3.49. The van der Waals surface area contributed by atoms with Crippen LogP contribution < -0.4 is 21.9 Å². The van der Waals surface area contributed by atoms with Crippen molar-refractivity contribution in [3.8, 4) is 11.5 Å². The molecule has 0 spiro atoms. The summed E-state index contributed by atoms with van der Waals surface area (Å²) in [6, 6.07) is 3.01. The summed E-state index contributed by atoms with van der Waals surface area (Å²) in [5.74, 6) is 0.884. The first-order valence-corrected chi connectivity index (χ1v) is 3.87. The SMILES string of the molecule is COc1cc(OC)c([N+]#N)cc1Cl.[Cl-]. The number of diazo groups is 1. The molecule has 0 aliphatic rings. The summed E-state index contributed by atoms with van der Waals surface area (Å²) < 4.78 is 9.89. The van der Waals surface area contributed by atoms with E-state index in [-0.39, 0.29) is 18.1 Å². The highest BCUT2D eigenvalue weighted by Gasteiger charge is 2.18. The molecule has 0 aliphatic heterocycles. The Balaban J connectivity index is 0.00000169. The maximum Gasteiger partial charge on any atom is 0.428 e. The number of hydrogen-bond acceptors (Lipinski definition) is 3. The molecule has 0 amide bonds. The smallest absolute Gasteiger partial charge is 0.428 e. The molecular weight excluding hydrogens is 227 g/mol. The van der Waals surface area contributed by atoms with E-state index >= 15 is 0 Å². The fourth-order valence-corrected chi connectivity index (χ4v) is 1.16. The Morgan fingerprint density at radius 1 is 1.21 bits per heavy atom. The van der Waals surface area contributed by atoms with Gasteiger partial charge < -0.3 is 21.9 Å². The molecule has 0 aliphatic carbocycles. The second-order valence-electron chi connectivity index (χ2n) is 2.26. The molecule has 0 atom stereocenters. The average molecular weight is 235 g/mol. The van der Waals surface area contributed by atoms with Crippen LogP contribution in [-0.2, 0) is 0 Å². The van der Waals surface area contributed by atoms with Gasteiger partial charge >= 0.3 is 5.69 Å². The van der Waals surface area contributed by atoms with E-state index in [1.165, 1.54) is 20.3 Å². The molecular formula is C8H8Cl2N2O2. The van der Waals surface area contributed by atoms with Gasteiger partial charge in [0, 0.05) is 6.07 Å². The lowest BCUT2D eigenvalue weighted by atomic mass is 10.3. The third-order valence-electron chi connectivity index (χ3n) is 1.56. The van der Waals surface area contributed by atoms with Crippen LogP contribution in [0.4, 0.5) is 5.69 Å². The number of methoxy groups -OCH3 is 2. The van der Waals surface area contributed by atoms with Crippen LogP contribution in [0.25, 0.3) is 4.98 Å². The van der Waals surface area contributed by atoms with E-state index in [0.29, 0.717) is 16.5 Å². The van der Waals surface area contributed by atoms with Crippen molar-refractivity contribution in [3.05, 3.63) is 22.1 Å². The van der Waals surface area contributed by atoms with Crippen LogP contribution in [0, 0.1) is 5.39 Å². The maximum absolute atomic E-state index is 8.58. The Bertz CT molecular complexity index is 363. The summed E-state index contributed by atoms with van der Waals surface area (Å²) in [5.41, 5.74) is 0.272. The lowest BCUT2D eigenvalue weighted by Crippen LogP contribution is -3.00. The Morgan fingerprint density at radius 3 is 2.21 bits per heavy atom. The van der Waals surface area contributed by atoms with Crippen molar-refractivity contribution in [2.75, 3.05) is 14.2 Å². The van der Waals surface area contributed by atoms with E-state index in [1.807, 2.05) is 0 Å². The van der Waals surface area contributed by atoms with Crippen molar-refractivity contribution in [1.29, 1.82) is 5.39 Å². The van der Waals surface area contributed by atoms with Crippen LogP contribution in [-0.4, -0.2) is 14.2 Å². The highest BCUT2D eigenvalue weighted by Crippen LogP contribution is 2.37. The predicted octanol–water partition coefficient (Wildman–Crippen LogP) is -0.154. The van der Waals surface area contributed by atoms with Crippen molar-refractivity contribution < 1.29 is 21.9 Å². The fourth-order valence-electron chi connectivity index (χ4n) is 0.922. The summed E-state index contributed by atoms with van der Waals surface area (Å²) in [7, 11) is 2.97. The topological polar surface area (TPSA) is 46.6 Å². The number of hydrogen-bond donors (Lipinski definition) is 0. The van der Waals surface area contributed by atoms with Gasteiger partial charge in [0.1, 0.15) is 5.75 Å². The molecule has 0 heterocycles. The van der Waals surface area contributed by atoms with E-state index in [0.717, 1.165) is 0 Å². The number of halogens is 2. The molecule has 1 aromatic rings. The third kappa shape index (κ3) is 2.41. The minimum Gasteiger partial charge on any atom is -1.00 e. The molecule has 14 heavy (non-hydrogen) atoms. The molecule has 0 radical (unpaired) electrons. The van der Waals surface area contributed by atoms with E-state index in [4.69, 9.17) is 26.5 Å². The summed E-state index contributed by atoms with van der Waals surface area (Å²) in [5, 5.41) is 8.95. The average Bonchev–Trinajstić information content (AvgIpc) is 2.17. The minimum absolute atomic E-state index is 0. The van der Waals surface area contributed by atoms with Gasteiger partial charge in [0.25, 0.3) is 0 Å². The minimum atomic E-state index is 0. The normalized spacial score (nSPS) is 8.43. The van der Waals surface area contributed by atoms with Crippen molar-refractivity contribution >= 4 is 17.3 Å². The van der Waals surface area contributed by atoms with Crippen molar-refractivity contribution in [1.82, 2.24) is 0 Å². The highest BCUT2D eigenvalue weighted by atomic mass is 35.5. The van der Waals surface area contributed by atoms with Crippen molar-refractivity contribution in [2.45, 2.75) is 0 Å². The molecule has 0 saturated heterocycles. The van der Waals surface area contributed by atoms with Crippen LogP contribution in [0.3, 0.4) is 0 Å². The van der Waals surface area contributed by atoms with Crippen LogP contribution in [0.15, 0.2) is 12.1 Å². The standard InChI is InChI=1S/C8H8ClN2O2.ClH/c1-12-7-4-8(13-2)6(11-10)3-5(7)9;/h3-4H,1-2H3;1H/q+1;/p-1. The monoisotopic (exact) mass is 234 g/mol. The molecule has 1 aromatic carbocycles. The predicted molar refractivity (Wildman–Crippen MR) is 49.3 cm³/mol. The van der Waals surface area contributed by atoms with Gasteiger partial charge in [-0.2, -0.15) is 0 Å². The molecule has 0 fully saturated rings. The van der Waals surface area contributed by atoms with Crippen LogP contribution in [0.2, 0.25) is 5.02 Å². The summed E-state index contributed by atoms with van der Waals surface area (Å²) in [6.07, 6.45) is 0. The fraction of sp³-hybridized carbons (Fsp3) is 0.250. The Labute approximate surface area is 92.8 Å². The van der Waals surface area contributed by atoms with Crippen molar-refractivity contribution in [2.24, 2.45) is 0 Å². The van der Waals surface area contributed by atoms with Gasteiger partial charge in [-0.3, -0.25) is 0 Å². The zero-order valence-corrected chi connectivity index (χ0v) is 9.13. The van der Waals surface area contributed by atoms with Gasteiger partial charge in [-0.1, -0.05) is 11.6 Å². The zero-order chi connectivity index (χ0) is 9.84. The van der Waals surface area contributed by atoms with Gasteiger partial charge in [-0.15, -0.1) is 0 Å². The molecule has 6 heteroatoms. The Kier molecular flexibility index (Phi) is 5.06. The molecule has 0 unspecified atom stereocenters. The molecule has 0 aromatic heterocycles. The van der Waals surface area contributed by atoms with Gasteiger partial charge in [0.05, 0.1) is 25.3 Å². The lowest BCUT2D eigenvalue weighted by Gasteiger charge is -2.02. The third-order valence-corrected chi connectivity index (χ3v) is 1.86. The van der Waals surface area contributed by atoms with Gasteiger partial charge in [-0.25, -0.2) is 0 Å². The summed E-state index contributed by atoms with van der Waals surface area (Å²) in [4.78, 5) is 3.01. The van der Waals surface area contributed by atoms with E-state index < -0.39 is 0 Å². The van der Waals surface area contributed by atoms with E-state index in [9.17, 15) is 0 Å². The first-order chi connectivity index (χ1) is 6.22. The first kappa shape index (κ1) is 12.8. The molecule has 76 valence electrons. The molecule has 0 saturated carbocycles. The summed E-state index contributed by atoms with van der Waals surface area (Å²) >= 11 is 5.79. The van der Waals surface area contributed by atoms with E-state index in [1.54, 1.807) is 6.07 Å². The summed E-state index contributed by atoms with van der Waals surface area (Å²) in [6.45, 7) is 0. The zero-order valence-electron chi connectivity index (χ0n) is 7.62. The lowest BCUT2D eigenvalue weighted by molar-refractivity contribution is -0.00000343. The molecule has 1 rings (SSSR count). The van der Waals surface area contributed by atoms with Gasteiger partial charge in [0.15, 0.2) is 4.98 Å². The van der Waals surface area contributed by atoms with Crippen molar-refractivity contribution in [3.63, 3.8) is 0 Å². The molecule has 4 nitrogen and oxygen atoms in total. The van der Waals surface area contributed by atoms with E-state index in [2.05, 4.69) is 4.98 Å². The quantitative estimate of drug-likeness (QED) is 0.669. The van der Waals surface area contributed by atoms with Crippen LogP contribution >= 0.6 is 11.6 Å². The van der Waals surface area contributed by atoms with Gasteiger partial charge in [0.2, 0.25) is 11.1 Å². The van der Waals surface area contributed by atoms with Crippen LogP contribution in [0.1, 0.15) is 0 Å². The largest absolute Gasteiger partial charge is 1.00 e. The maximum atomic E-state index is 8.58. The highest BCUT2D eigenvalue weighted by molar-refractivity contribution is 6.32. The second-order valence-corrected chi connectivity index (χ2v) is 2.67. The number of rotatable bonds is 2. The number of ether oxygens (including phenoxy) is 2. The van der Waals surface area contributed by atoms with Crippen LogP contribution in [0.5, 0.6) is 11.5 Å². The molecule has 0 bridgehead atoms. The Morgan fingerprint density at radius 2 is 1.79 bits per heavy atom. The Hall–Kier alpha value is -1.18. The number of benzene rings is 1. The van der Waals surface area contributed by atoms with Gasteiger partial charge in [-0.05, 0) is 0 Å².